The molecule has 5 heteroatoms. The van der Waals surface area contributed by atoms with E-state index in [1.54, 1.807) is 0 Å². The zero-order valence-corrected chi connectivity index (χ0v) is 19.1. The van der Waals surface area contributed by atoms with Gasteiger partial charge in [-0.1, -0.05) is 67.2 Å². The minimum Gasteiger partial charge on any atom is -0.379 e. The van der Waals surface area contributed by atoms with Crippen LogP contribution in [0.15, 0.2) is 91.3 Å². The van der Waals surface area contributed by atoms with Crippen LogP contribution in [0.3, 0.4) is 0 Å². The Labute approximate surface area is 197 Å². The molecule has 0 bridgehead atoms. The number of nitrogens with zero attached hydrogens (tertiary/aromatic N) is 1. The number of benzene rings is 3. The van der Waals surface area contributed by atoms with Gasteiger partial charge in [-0.05, 0) is 59.7 Å². The van der Waals surface area contributed by atoms with Crippen molar-refractivity contribution in [1.82, 2.24) is 9.88 Å². The molecule has 0 radical (unpaired) electrons. The average Bonchev–Trinajstić information content (AvgIpc) is 3.36. The van der Waals surface area contributed by atoms with Crippen molar-refractivity contribution in [2.75, 3.05) is 6.54 Å². The lowest BCUT2D eigenvalue weighted by Gasteiger charge is -2.35. The van der Waals surface area contributed by atoms with Crippen LogP contribution in [0, 0.1) is 6.92 Å². The Morgan fingerprint density at radius 2 is 1.56 bits per heavy atom. The molecule has 1 aliphatic carbocycles. The first kappa shape index (κ1) is 22.3. The second-order valence-corrected chi connectivity index (χ2v) is 9.06. The standard InChI is InChI=1S/C29H27F3N2/c1-20-9-7-14-27-22(20)15-18-34(27)17-8-16-28(21(2)33-19-29(30,31)32)25-12-5-3-10-23(25)24-11-4-6-13-26(24)28/h3-7,9-15,18,33H,2,8,16-17,19H2,1H3. The molecule has 5 rings (SSSR count). The van der Waals surface area contributed by atoms with Gasteiger partial charge in [0, 0.05) is 29.3 Å². The van der Waals surface area contributed by atoms with Crippen LogP contribution in [0.1, 0.15) is 29.5 Å². The summed E-state index contributed by atoms with van der Waals surface area (Å²) in [4.78, 5) is 0. The number of rotatable bonds is 7. The SMILES string of the molecule is C=C(NCC(F)(F)F)C1(CCCn2ccc3c(C)cccc32)c2ccccc2-c2ccccc21. The fourth-order valence-electron chi connectivity index (χ4n) is 5.52. The molecule has 0 atom stereocenters. The third-order valence-electron chi connectivity index (χ3n) is 7.06. The van der Waals surface area contributed by atoms with Gasteiger partial charge in [-0.25, -0.2) is 0 Å². The summed E-state index contributed by atoms with van der Waals surface area (Å²) in [7, 11) is 0. The van der Waals surface area contributed by atoms with Crippen LogP contribution in [0.2, 0.25) is 0 Å². The lowest BCUT2D eigenvalue weighted by Crippen LogP contribution is -2.39. The molecule has 0 aliphatic heterocycles. The van der Waals surface area contributed by atoms with Gasteiger partial charge < -0.3 is 9.88 Å². The van der Waals surface area contributed by atoms with E-state index in [9.17, 15) is 13.2 Å². The zero-order chi connectivity index (χ0) is 23.9. The first-order valence-corrected chi connectivity index (χ1v) is 11.5. The highest BCUT2D eigenvalue weighted by Crippen LogP contribution is 2.54. The molecule has 174 valence electrons. The van der Waals surface area contributed by atoms with Gasteiger partial charge in [-0.15, -0.1) is 0 Å². The Balaban J connectivity index is 1.52. The number of aryl methyl sites for hydroxylation is 2. The molecule has 3 aromatic carbocycles. The van der Waals surface area contributed by atoms with E-state index in [-0.39, 0.29) is 0 Å². The summed E-state index contributed by atoms with van der Waals surface area (Å²) >= 11 is 0. The van der Waals surface area contributed by atoms with Crippen molar-refractivity contribution in [2.45, 2.75) is 37.9 Å². The molecule has 0 fully saturated rings. The Morgan fingerprint density at radius 1 is 0.912 bits per heavy atom. The Morgan fingerprint density at radius 3 is 2.21 bits per heavy atom. The summed E-state index contributed by atoms with van der Waals surface area (Å²) in [6.07, 6.45) is -0.787. The van der Waals surface area contributed by atoms with Gasteiger partial charge >= 0.3 is 6.18 Å². The number of hydrogen-bond donors (Lipinski definition) is 1. The summed E-state index contributed by atoms with van der Waals surface area (Å²) in [5.41, 5.74) is 6.25. The van der Waals surface area contributed by atoms with Crippen molar-refractivity contribution < 1.29 is 13.2 Å². The normalized spacial score (nSPS) is 14.1. The van der Waals surface area contributed by atoms with E-state index in [0.717, 1.165) is 35.2 Å². The number of nitrogens with one attached hydrogen (secondary N) is 1. The van der Waals surface area contributed by atoms with Gasteiger partial charge in [0.2, 0.25) is 0 Å². The minimum atomic E-state index is -4.32. The molecule has 1 heterocycles. The van der Waals surface area contributed by atoms with Crippen LogP contribution in [-0.2, 0) is 12.0 Å². The average molecular weight is 461 g/mol. The van der Waals surface area contributed by atoms with Gasteiger partial charge in [0.15, 0.2) is 0 Å². The monoisotopic (exact) mass is 460 g/mol. The van der Waals surface area contributed by atoms with Crippen molar-refractivity contribution in [3.05, 3.63) is 108 Å². The zero-order valence-electron chi connectivity index (χ0n) is 19.1. The van der Waals surface area contributed by atoms with Gasteiger partial charge in [-0.2, -0.15) is 13.2 Å². The number of alkyl halides is 3. The maximum absolute atomic E-state index is 13.1. The molecule has 0 saturated heterocycles. The smallest absolute Gasteiger partial charge is 0.379 e. The van der Waals surface area contributed by atoms with Gasteiger partial charge in [-0.3, -0.25) is 0 Å². The minimum absolute atomic E-state index is 0.399. The van der Waals surface area contributed by atoms with E-state index in [2.05, 4.69) is 66.0 Å². The third kappa shape index (κ3) is 3.69. The molecular formula is C29H27F3N2. The highest BCUT2D eigenvalue weighted by molar-refractivity contribution is 5.84. The molecule has 2 nitrogen and oxygen atoms in total. The molecule has 0 saturated carbocycles. The number of allylic oxidation sites excluding steroid dienone is 1. The highest BCUT2D eigenvalue weighted by atomic mass is 19.4. The van der Waals surface area contributed by atoms with Gasteiger partial charge in [0.05, 0.1) is 5.41 Å². The van der Waals surface area contributed by atoms with Crippen molar-refractivity contribution in [1.29, 1.82) is 0 Å². The Hall–Kier alpha value is -3.47. The van der Waals surface area contributed by atoms with Gasteiger partial charge in [0.25, 0.3) is 0 Å². The fraction of sp³-hybridized carbons (Fsp3) is 0.241. The van der Waals surface area contributed by atoms with Crippen molar-refractivity contribution in [3.8, 4) is 11.1 Å². The molecule has 0 unspecified atom stereocenters. The van der Waals surface area contributed by atoms with Crippen LogP contribution in [0.4, 0.5) is 13.2 Å². The van der Waals surface area contributed by atoms with Crippen LogP contribution in [0.25, 0.3) is 22.0 Å². The molecule has 1 aromatic heterocycles. The quantitative estimate of drug-likeness (QED) is 0.305. The lowest BCUT2D eigenvalue weighted by molar-refractivity contribution is -0.123. The maximum atomic E-state index is 13.1. The Bertz CT molecular complexity index is 1320. The van der Waals surface area contributed by atoms with Crippen molar-refractivity contribution >= 4 is 10.9 Å². The number of fused-ring (bicyclic) bond motifs is 4. The first-order valence-electron chi connectivity index (χ1n) is 11.5. The number of halogens is 3. The predicted molar refractivity (Wildman–Crippen MR) is 132 cm³/mol. The largest absolute Gasteiger partial charge is 0.405 e. The Kier molecular flexibility index (Phi) is 5.51. The van der Waals surface area contributed by atoms with E-state index in [0.29, 0.717) is 12.1 Å². The molecule has 34 heavy (non-hydrogen) atoms. The summed E-state index contributed by atoms with van der Waals surface area (Å²) < 4.78 is 41.6. The predicted octanol–water partition coefficient (Wildman–Crippen LogP) is 7.36. The fourth-order valence-corrected chi connectivity index (χ4v) is 5.52. The van der Waals surface area contributed by atoms with E-state index in [4.69, 9.17) is 0 Å². The van der Waals surface area contributed by atoms with Crippen LogP contribution in [-0.4, -0.2) is 17.3 Å². The summed E-state index contributed by atoms with van der Waals surface area (Å²) in [6.45, 7) is 5.94. The topological polar surface area (TPSA) is 17.0 Å². The molecular weight excluding hydrogens is 433 g/mol. The summed E-state index contributed by atoms with van der Waals surface area (Å²) in [5, 5.41) is 3.87. The van der Waals surface area contributed by atoms with E-state index in [1.165, 1.54) is 16.5 Å². The molecule has 4 aromatic rings. The van der Waals surface area contributed by atoms with E-state index in [1.807, 2.05) is 36.4 Å². The number of hydrogen-bond acceptors (Lipinski definition) is 1. The summed E-state index contributed by atoms with van der Waals surface area (Å²) in [5.74, 6) is 0. The highest BCUT2D eigenvalue weighted by Gasteiger charge is 2.45. The maximum Gasteiger partial charge on any atom is 0.405 e. The molecule has 1 aliphatic rings. The third-order valence-corrected chi connectivity index (χ3v) is 7.06. The van der Waals surface area contributed by atoms with E-state index >= 15 is 0 Å². The number of aromatic nitrogens is 1. The van der Waals surface area contributed by atoms with E-state index < -0.39 is 18.1 Å². The van der Waals surface area contributed by atoms with Crippen molar-refractivity contribution in [3.63, 3.8) is 0 Å². The van der Waals surface area contributed by atoms with Crippen LogP contribution in [0.5, 0.6) is 0 Å². The second kappa shape index (κ2) is 8.39. The second-order valence-electron chi connectivity index (χ2n) is 9.06. The van der Waals surface area contributed by atoms with Crippen LogP contribution >= 0.6 is 0 Å². The van der Waals surface area contributed by atoms with Crippen LogP contribution < -0.4 is 5.32 Å². The first-order chi connectivity index (χ1) is 16.3. The molecule has 0 amide bonds. The summed E-state index contributed by atoms with van der Waals surface area (Å²) in [6, 6.07) is 24.4. The molecule has 1 N–H and O–H groups in total. The molecule has 0 spiro atoms. The van der Waals surface area contributed by atoms with Gasteiger partial charge in [0.1, 0.15) is 6.54 Å². The lowest BCUT2D eigenvalue weighted by atomic mass is 9.72. The van der Waals surface area contributed by atoms with Crippen molar-refractivity contribution in [2.24, 2.45) is 0 Å².